The first-order valence-electron chi connectivity index (χ1n) is 9.09. The fourth-order valence-electron chi connectivity index (χ4n) is 3.37. The van der Waals surface area contributed by atoms with Gasteiger partial charge in [-0.15, -0.1) is 0 Å². The Morgan fingerprint density at radius 2 is 1.68 bits per heavy atom. The molecule has 3 rings (SSSR count). The van der Waals surface area contributed by atoms with Crippen LogP contribution in [-0.2, 0) is 11.2 Å². The predicted molar refractivity (Wildman–Crippen MR) is 99.6 cm³/mol. The fourth-order valence-corrected chi connectivity index (χ4v) is 3.37. The Balaban J connectivity index is 1.78. The smallest absolute Gasteiger partial charge is 0.191 e. The molecular weight excluding hydrogens is 364 g/mol. The molecule has 28 heavy (non-hydrogen) atoms. The van der Waals surface area contributed by atoms with Gasteiger partial charge in [-0.3, -0.25) is 4.79 Å². The summed E-state index contributed by atoms with van der Waals surface area (Å²) in [5, 5.41) is 49.7. The van der Waals surface area contributed by atoms with Gasteiger partial charge < -0.3 is 30.3 Å². The Morgan fingerprint density at radius 1 is 0.964 bits per heavy atom. The highest BCUT2D eigenvalue weighted by atomic mass is 16.5. The largest absolute Gasteiger partial charge is 0.394 e. The molecular formula is C21H24O7. The molecule has 7 nitrogen and oxygen atoms in total. The van der Waals surface area contributed by atoms with Gasteiger partial charge in [-0.05, 0) is 17.2 Å². The molecule has 0 aliphatic carbocycles. The Morgan fingerprint density at radius 3 is 2.36 bits per heavy atom. The van der Waals surface area contributed by atoms with Crippen LogP contribution in [0.5, 0.6) is 0 Å². The van der Waals surface area contributed by atoms with Gasteiger partial charge in [0.15, 0.2) is 5.78 Å². The number of benzene rings is 2. The van der Waals surface area contributed by atoms with Gasteiger partial charge in [-0.2, -0.15) is 0 Å². The standard InChI is InChI=1S/C21H24O7/c22-11-16-18(25)19(26)20(27)21(28-16)14-8-4-7-13(10-14)17(24)15(23)9-12-5-2-1-3-6-12/h1-8,10,15-16,18-23,25-27H,9,11H2/t15?,16-,18-,19+,20-,21+/m1/s1. The molecule has 1 fully saturated rings. The maximum absolute atomic E-state index is 12.6. The fraction of sp³-hybridized carbons (Fsp3) is 0.381. The van der Waals surface area contributed by atoms with Crippen LogP contribution >= 0.6 is 0 Å². The van der Waals surface area contributed by atoms with Crippen molar-refractivity contribution in [3.63, 3.8) is 0 Å². The third kappa shape index (κ3) is 4.30. The van der Waals surface area contributed by atoms with Gasteiger partial charge in [0.25, 0.3) is 0 Å². The van der Waals surface area contributed by atoms with Crippen LogP contribution < -0.4 is 0 Å². The van der Waals surface area contributed by atoms with E-state index in [0.29, 0.717) is 5.56 Å². The number of ether oxygens (including phenoxy) is 1. The molecule has 1 saturated heterocycles. The van der Waals surface area contributed by atoms with Crippen molar-refractivity contribution in [2.75, 3.05) is 6.61 Å². The van der Waals surface area contributed by atoms with Crippen molar-refractivity contribution in [1.29, 1.82) is 0 Å². The topological polar surface area (TPSA) is 127 Å². The molecule has 2 aromatic carbocycles. The number of hydrogen-bond donors (Lipinski definition) is 5. The van der Waals surface area contributed by atoms with E-state index in [-0.39, 0.29) is 12.0 Å². The lowest BCUT2D eigenvalue weighted by atomic mass is 9.90. The molecule has 1 unspecified atom stereocenters. The van der Waals surface area contributed by atoms with Crippen molar-refractivity contribution < 1.29 is 35.1 Å². The molecule has 150 valence electrons. The zero-order valence-electron chi connectivity index (χ0n) is 15.1. The minimum atomic E-state index is -1.50. The predicted octanol–water partition coefficient (Wildman–Crippen LogP) is -0.0122. The summed E-state index contributed by atoms with van der Waals surface area (Å²) in [4.78, 5) is 12.6. The van der Waals surface area contributed by atoms with E-state index in [1.807, 2.05) is 30.3 Å². The first-order valence-corrected chi connectivity index (χ1v) is 9.09. The van der Waals surface area contributed by atoms with E-state index in [9.17, 15) is 30.3 Å². The summed E-state index contributed by atoms with van der Waals surface area (Å²) in [5.74, 6) is -0.477. The first-order chi connectivity index (χ1) is 13.4. The summed E-state index contributed by atoms with van der Waals surface area (Å²) in [6, 6.07) is 15.3. The Hall–Kier alpha value is -2.13. The molecule has 5 N–H and O–H groups in total. The second-order valence-corrected chi connectivity index (χ2v) is 6.94. The monoisotopic (exact) mass is 388 g/mol. The summed E-state index contributed by atoms with van der Waals surface area (Å²) in [7, 11) is 0. The van der Waals surface area contributed by atoms with Gasteiger partial charge >= 0.3 is 0 Å². The Kier molecular flexibility index (Phi) is 6.56. The number of hydrogen-bond acceptors (Lipinski definition) is 7. The van der Waals surface area contributed by atoms with E-state index in [2.05, 4.69) is 0 Å². The quantitative estimate of drug-likeness (QED) is 0.440. The third-order valence-corrected chi connectivity index (χ3v) is 4.97. The summed E-state index contributed by atoms with van der Waals surface area (Å²) in [6.07, 6.45) is -7.51. The van der Waals surface area contributed by atoms with Gasteiger partial charge in [-0.25, -0.2) is 0 Å². The SMILES string of the molecule is O=C(c1cccc([C@@H]2O[C@H](CO)[C@@H](O)[C@H](O)[C@H]2O)c1)C(O)Cc1ccccc1. The van der Waals surface area contributed by atoms with E-state index in [1.165, 1.54) is 6.07 Å². The Labute approximate surface area is 162 Å². The van der Waals surface area contributed by atoms with Crippen LogP contribution in [0.3, 0.4) is 0 Å². The molecule has 0 saturated carbocycles. The van der Waals surface area contributed by atoms with E-state index >= 15 is 0 Å². The average Bonchev–Trinajstić information content (AvgIpc) is 2.72. The van der Waals surface area contributed by atoms with E-state index in [1.54, 1.807) is 18.2 Å². The van der Waals surface area contributed by atoms with Crippen molar-refractivity contribution in [2.24, 2.45) is 0 Å². The number of carbonyl (C=O) groups excluding carboxylic acids is 1. The first kappa shape index (κ1) is 20.6. The zero-order valence-corrected chi connectivity index (χ0v) is 15.1. The second-order valence-electron chi connectivity index (χ2n) is 6.94. The molecule has 0 radical (unpaired) electrons. The molecule has 0 aromatic heterocycles. The van der Waals surface area contributed by atoms with E-state index in [0.717, 1.165) is 5.56 Å². The zero-order chi connectivity index (χ0) is 20.3. The number of ketones is 1. The van der Waals surface area contributed by atoms with Crippen LogP contribution in [0.1, 0.15) is 27.6 Å². The van der Waals surface area contributed by atoms with Crippen molar-refractivity contribution >= 4 is 5.78 Å². The number of Topliss-reactive ketones (excluding diaryl/α,β-unsaturated/α-hetero) is 1. The summed E-state index contributed by atoms with van der Waals surface area (Å²) in [6.45, 7) is -0.532. The van der Waals surface area contributed by atoms with Gasteiger partial charge in [0.05, 0.1) is 6.61 Å². The highest BCUT2D eigenvalue weighted by Gasteiger charge is 2.44. The second kappa shape index (κ2) is 8.91. The van der Waals surface area contributed by atoms with Gasteiger partial charge in [0.1, 0.15) is 36.6 Å². The van der Waals surface area contributed by atoms with Gasteiger partial charge in [-0.1, -0.05) is 48.5 Å². The maximum atomic E-state index is 12.6. The molecule has 0 spiro atoms. The molecule has 1 aliphatic heterocycles. The lowest BCUT2D eigenvalue weighted by molar-refractivity contribution is -0.231. The highest BCUT2D eigenvalue weighted by Crippen LogP contribution is 2.32. The van der Waals surface area contributed by atoms with Crippen LogP contribution in [0, 0.1) is 0 Å². The summed E-state index contributed by atoms with van der Waals surface area (Å²) in [5.41, 5.74) is 1.46. The van der Waals surface area contributed by atoms with Crippen molar-refractivity contribution in [2.45, 2.75) is 43.0 Å². The van der Waals surface area contributed by atoms with Gasteiger partial charge in [0, 0.05) is 12.0 Å². The molecule has 6 atom stereocenters. The van der Waals surface area contributed by atoms with Crippen molar-refractivity contribution in [3.05, 3.63) is 71.3 Å². The van der Waals surface area contributed by atoms with Crippen LogP contribution in [-0.4, -0.2) is 68.4 Å². The van der Waals surface area contributed by atoms with E-state index < -0.39 is 49.0 Å². The molecule has 2 aromatic rings. The molecule has 1 heterocycles. The average molecular weight is 388 g/mol. The molecule has 1 aliphatic rings. The van der Waals surface area contributed by atoms with Crippen molar-refractivity contribution in [3.8, 4) is 0 Å². The van der Waals surface area contributed by atoms with E-state index in [4.69, 9.17) is 4.74 Å². The Bertz CT molecular complexity index is 792. The number of carbonyl (C=O) groups is 1. The summed E-state index contributed by atoms with van der Waals surface area (Å²) < 4.78 is 5.52. The number of aliphatic hydroxyl groups is 5. The molecule has 0 bridgehead atoms. The minimum Gasteiger partial charge on any atom is -0.394 e. The third-order valence-electron chi connectivity index (χ3n) is 4.97. The molecule has 7 heteroatoms. The lowest BCUT2D eigenvalue weighted by Gasteiger charge is -2.40. The lowest BCUT2D eigenvalue weighted by Crippen LogP contribution is -2.55. The normalized spacial score (nSPS) is 28.7. The van der Waals surface area contributed by atoms with Gasteiger partial charge in [0.2, 0.25) is 0 Å². The molecule has 0 amide bonds. The maximum Gasteiger partial charge on any atom is 0.191 e. The number of rotatable bonds is 6. The minimum absolute atomic E-state index is 0.171. The summed E-state index contributed by atoms with van der Waals surface area (Å²) >= 11 is 0. The van der Waals surface area contributed by atoms with Crippen LogP contribution in [0.2, 0.25) is 0 Å². The van der Waals surface area contributed by atoms with Crippen LogP contribution in [0.15, 0.2) is 54.6 Å². The number of aliphatic hydroxyl groups excluding tert-OH is 5. The van der Waals surface area contributed by atoms with Crippen LogP contribution in [0.25, 0.3) is 0 Å². The van der Waals surface area contributed by atoms with Crippen LogP contribution in [0.4, 0.5) is 0 Å². The highest BCUT2D eigenvalue weighted by molar-refractivity contribution is 5.99. The van der Waals surface area contributed by atoms with Crippen molar-refractivity contribution in [1.82, 2.24) is 0 Å².